The SMILES string of the molecule is CC1CCCN(Cc2ccccc2CNC(=O)c2ccc3nc(C(F)F)[nH]c3c2)C1. The van der Waals surface area contributed by atoms with Crippen LogP contribution < -0.4 is 5.32 Å². The van der Waals surface area contributed by atoms with E-state index in [0.717, 1.165) is 25.2 Å². The number of nitrogens with zero attached hydrogens (tertiary/aromatic N) is 2. The second kappa shape index (κ2) is 8.92. The average Bonchev–Trinajstić information content (AvgIpc) is 3.17. The van der Waals surface area contributed by atoms with E-state index >= 15 is 0 Å². The van der Waals surface area contributed by atoms with Crippen LogP contribution in [0.2, 0.25) is 0 Å². The van der Waals surface area contributed by atoms with Crippen LogP contribution in [0.1, 0.15) is 53.5 Å². The highest BCUT2D eigenvalue weighted by molar-refractivity contribution is 5.97. The molecule has 3 aromatic rings. The van der Waals surface area contributed by atoms with Gasteiger partial charge in [0, 0.05) is 25.2 Å². The number of amides is 1. The van der Waals surface area contributed by atoms with Crippen molar-refractivity contribution in [1.82, 2.24) is 20.2 Å². The number of hydrogen-bond acceptors (Lipinski definition) is 3. The Bertz CT molecular complexity index is 1030. The topological polar surface area (TPSA) is 61.0 Å². The Labute approximate surface area is 174 Å². The Morgan fingerprint density at radius 1 is 1.27 bits per heavy atom. The Hall–Kier alpha value is -2.80. The highest BCUT2D eigenvalue weighted by Gasteiger charge is 2.18. The standard InChI is InChI=1S/C23H26F2N4O/c1-15-5-4-10-29(13-15)14-18-7-3-2-6-17(18)12-26-23(30)16-8-9-19-20(11-16)28-22(27-19)21(24)25/h2-3,6-9,11,15,21H,4-5,10,12-14H2,1H3,(H,26,30)(H,27,28). The summed E-state index contributed by atoms with van der Waals surface area (Å²) in [6.07, 6.45) is -0.161. The molecular formula is C23H26F2N4O. The lowest BCUT2D eigenvalue weighted by Gasteiger charge is -2.31. The predicted octanol–water partition coefficient (Wildman–Crippen LogP) is 4.66. The molecule has 1 fully saturated rings. The van der Waals surface area contributed by atoms with Crippen molar-refractivity contribution in [3.63, 3.8) is 0 Å². The van der Waals surface area contributed by atoms with Gasteiger partial charge in [0.25, 0.3) is 12.3 Å². The zero-order valence-corrected chi connectivity index (χ0v) is 17.0. The molecule has 2 N–H and O–H groups in total. The average molecular weight is 412 g/mol. The molecule has 1 unspecified atom stereocenters. The van der Waals surface area contributed by atoms with Crippen LogP contribution in [-0.4, -0.2) is 33.9 Å². The highest BCUT2D eigenvalue weighted by atomic mass is 19.3. The van der Waals surface area contributed by atoms with Crippen molar-refractivity contribution in [2.45, 2.75) is 39.3 Å². The summed E-state index contributed by atoms with van der Waals surface area (Å²) in [4.78, 5) is 21.5. The molecule has 1 aliphatic heterocycles. The largest absolute Gasteiger partial charge is 0.348 e. The fourth-order valence-electron chi connectivity index (χ4n) is 4.11. The Morgan fingerprint density at radius 3 is 2.83 bits per heavy atom. The summed E-state index contributed by atoms with van der Waals surface area (Å²) in [5.41, 5.74) is 3.57. The van der Waals surface area contributed by atoms with Crippen molar-refractivity contribution >= 4 is 16.9 Å². The lowest BCUT2D eigenvalue weighted by atomic mass is 9.99. The Balaban J connectivity index is 1.43. The molecule has 1 saturated heterocycles. The number of fused-ring (bicyclic) bond motifs is 1. The van der Waals surface area contributed by atoms with Gasteiger partial charge in [-0.15, -0.1) is 0 Å². The number of likely N-dealkylation sites (tertiary alicyclic amines) is 1. The van der Waals surface area contributed by atoms with E-state index in [-0.39, 0.29) is 11.7 Å². The molecule has 158 valence electrons. The van der Waals surface area contributed by atoms with Crippen molar-refractivity contribution in [2.75, 3.05) is 13.1 Å². The molecule has 2 aromatic carbocycles. The number of nitrogens with one attached hydrogen (secondary N) is 2. The van der Waals surface area contributed by atoms with Gasteiger partial charge in [0.2, 0.25) is 0 Å². The number of halogens is 2. The van der Waals surface area contributed by atoms with Gasteiger partial charge in [0.1, 0.15) is 0 Å². The summed E-state index contributed by atoms with van der Waals surface area (Å²) >= 11 is 0. The number of H-pyrrole nitrogens is 1. The molecular weight excluding hydrogens is 386 g/mol. The van der Waals surface area contributed by atoms with Crippen LogP contribution in [0.5, 0.6) is 0 Å². The van der Waals surface area contributed by atoms with Gasteiger partial charge < -0.3 is 10.3 Å². The first-order valence-corrected chi connectivity index (χ1v) is 10.3. The van der Waals surface area contributed by atoms with Crippen LogP contribution in [-0.2, 0) is 13.1 Å². The third-order valence-corrected chi connectivity index (χ3v) is 5.66. The third-order valence-electron chi connectivity index (χ3n) is 5.66. The van der Waals surface area contributed by atoms with Gasteiger partial charge in [0.05, 0.1) is 11.0 Å². The van der Waals surface area contributed by atoms with Gasteiger partial charge in [-0.2, -0.15) is 0 Å². The fraction of sp³-hybridized carbons (Fsp3) is 0.391. The Morgan fingerprint density at radius 2 is 2.07 bits per heavy atom. The maximum absolute atomic E-state index is 12.8. The van der Waals surface area contributed by atoms with Crippen LogP contribution in [0.4, 0.5) is 8.78 Å². The lowest BCUT2D eigenvalue weighted by molar-refractivity contribution is 0.0950. The van der Waals surface area contributed by atoms with Crippen molar-refractivity contribution in [3.8, 4) is 0 Å². The molecule has 4 rings (SSSR count). The van der Waals surface area contributed by atoms with Crippen molar-refractivity contribution in [3.05, 3.63) is 65.0 Å². The smallest absolute Gasteiger partial charge is 0.295 e. The summed E-state index contributed by atoms with van der Waals surface area (Å²) in [7, 11) is 0. The zero-order valence-electron chi connectivity index (χ0n) is 17.0. The number of hydrogen-bond donors (Lipinski definition) is 2. The first kappa shape index (κ1) is 20.5. The number of benzene rings is 2. The maximum Gasteiger partial charge on any atom is 0.295 e. The monoisotopic (exact) mass is 412 g/mol. The van der Waals surface area contributed by atoms with E-state index in [9.17, 15) is 13.6 Å². The van der Waals surface area contributed by atoms with Crippen molar-refractivity contribution in [1.29, 1.82) is 0 Å². The van der Waals surface area contributed by atoms with E-state index in [1.54, 1.807) is 18.2 Å². The molecule has 1 atom stereocenters. The molecule has 0 aliphatic carbocycles. The number of rotatable bonds is 6. The summed E-state index contributed by atoms with van der Waals surface area (Å²) in [6.45, 7) is 5.80. The molecule has 1 aliphatic rings. The molecule has 2 heterocycles. The first-order chi connectivity index (χ1) is 14.5. The van der Waals surface area contributed by atoms with Crippen LogP contribution >= 0.6 is 0 Å². The van der Waals surface area contributed by atoms with Crippen molar-refractivity contribution < 1.29 is 13.6 Å². The van der Waals surface area contributed by atoms with E-state index in [2.05, 4.69) is 33.2 Å². The maximum atomic E-state index is 12.8. The van der Waals surface area contributed by atoms with Crippen LogP contribution in [0.3, 0.4) is 0 Å². The molecule has 1 aromatic heterocycles. The van der Waals surface area contributed by atoms with E-state index in [1.165, 1.54) is 18.4 Å². The number of piperidine rings is 1. The summed E-state index contributed by atoms with van der Waals surface area (Å²) in [6, 6.07) is 12.9. The summed E-state index contributed by atoms with van der Waals surface area (Å²) < 4.78 is 25.6. The molecule has 0 radical (unpaired) electrons. The van der Waals surface area contributed by atoms with E-state index < -0.39 is 6.43 Å². The second-order valence-electron chi connectivity index (χ2n) is 8.09. The molecule has 7 heteroatoms. The number of aromatic nitrogens is 2. The van der Waals surface area contributed by atoms with Crippen molar-refractivity contribution in [2.24, 2.45) is 5.92 Å². The summed E-state index contributed by atoms with van der Waals surface area (Å²) in [5, 5.41) is 2.96. The fourth-order valence-corrected chi connectivity index (χ4v) is 4.11. The van der Waals surface area contributed by atoms with Crippen LogP contribution in [0.25, 0.3) is 11.0 Å². The van der Waals surface area contributed by atoms with E-state index in [1.807, 2.05) is 18.2 Å². The predicted molar refractivity (Wildman–Crippen MR) is 112 cm³/mol. The van der Waals surface area contributed by atoms with Gasteiger partial charge in [-0.25, -0.2) is 13.8 Å². The molecule has 5 nitrogen and oxygen atoms in total. The van der Waals surface area contributed by atoms with Gasteiger partial charge in [-0.3, -0.25) is 9.69 Å². The number of aromatic amines is 1. The molecule has 0 bridgehead atoms. The second-order valence-corrected chi connectivity index (χ2v) is 8.09. The number of imidazole rings is 1. The van der Waals surface area contributed by atoms with E-state index in [0.29, 0.717) is 29.1 Å². The lowest BCUT2D eigenvalue weighted by Crippen LogP contribution is -2.34. The quantitative estimate of drug-likeness (QED) is 0.619. The molecule has 0 saturated carbocycles. The van der Waals surface area contributed by atoms with Crippen LogP contribution in [0.15, 0.2) is 42.5 Å². The first-order valence-electron chi connectivity index (χ1n) is 10.3. The highest BCUT2D eigenvalue weighted by Crippen LogP contribution is 2.21. The number of alkyl halides is 2. The van der Waals surface area contributed by atoms with Gasteiger partial charge in [-0.1, -0.05) is 31.2 Å². The van der Waals surface area contributed by atoms with Gasteiger partial charge in [0.15, 0.2) is 5.82 Å². The Kier molecular flexibility index (Phi) is 6.08. The van der Waals surface area contributed by atoms with E-state index in [4.69, 9.17) is 0 Å². The minimum atomic E-state index is -2.67. The number of carbonyl (C=O) groups is 1. The van der Waals surface area contributed by atoms with Gasteiger partial charge >= 0.3 is 0 Å². The number of carbonyl (C=O) groups excluding carboxylic acids is 1. The molecule has 0 spiro atoms. The van der Waals surface area contributed by atoms with Crippen LogP contribution in [0, 0.1) is 5.92 Å². The molecule has 30 heavy (non-hydrogen) atoms. The normalized spacial score (nSPS) is 17.5. The minimum Gasteiger partial charge on any atom is -0.348 e. The third kappa shape index (κ3) is 4.67. The summed E-state index contributed by atoms with van der Waals surface area (Å²) in [5.74, 6) is 0.0867. The molecule has 1 amide bonds. The zero-order chi connectivity index (χ0) is 21.1. The van der Waals surface area contributed by atoms with Gasteiger partial charge in [-0.05, 0) is 54.6 Å². The minimum absolute atomic E-state index is 0.244.